The van der Waals surface area contributed by atoms with Gasteiger partial charge in [-0.05, 0) is 38.0 Å². The maximum absolute atomic E-state index is 11.8. The van der Waals surface area contributed by atoms with Gasteiger partial charge in [0, 0.05) is 45.2 Å². The molecule has 0 bridgehead atoms. The van der Waals surface area contributed by atoms with Crippen LogP contribution in [0.25, 0.3) is 0 Å². The third-order valence-electron chi connectivity index (χ3n) is 4.44. The molecule has 1 heterocycles. The standard InChI is InChI=1S/C21H31N5O2S.HI/c1-6-23-21(26(4)13-18-14-29-20(25-18)15(2)28-5)24-11-10-16-8-7-9-17(12-16)19(27)22-3;/h7-9,12,14-15H,6,10-11,13H2,1-5H3,(H,22,27)(H,23,24);1H. The van der Waals surface area contributed by atoms with Crippen LogP contribution in [-0.2, 0) is 17.7 Å². The number of hydrogen-bond donors (Lipinski definition) is 2. The van der Waals surface area contributed by atoms with E-state index in [4.69, 9.17) is 9.73 Å². The molecule has 0 fully saturated rings. The monoisotopic (exact) mass is 545 g/mol. The van der Waals surface area contributed by atoms with Gasteiger partial charge >= 0.3 is 0 Å². The van der Waals surface area contributed by atoms with Crippen LogP contribution in [0.1, 0.15) is 46.6 Å². The van der Waals surface area contributed by atoms with Gasteiger partial charge in [0.15, 0.2) is 5.96 Å². The molecule has 0 radical (unpaired) electrons. The molecule has 1 atom stereocenters. The number of aliphatic imine (C=N–C) groups is 1. The van der Waals surface area contributed by atoms with E-state index in [9.17, 15) is 4.79 Å². The van der Waals surface area contributed by atoms with E-state index in [1.165, 1.54) is 0 Å². The van der Waals surface area contributed by atoms with E-state index in [0.717, 1.165) is 35.2 Å². The fourth-order valence-electron chi connectivity index (χ4n) is 2.77. The zero-order chi connectivity index (χ0) is 21.2. The number of benzene rings is 1. The first-order chi connectivity index (χ1) is 14.0. The van der Waals surface area contributed by atoms with Gasteiger partial charge in [-0.2, -0.15) is 0 Å². The van der Waals surface area contributed by atoms with Crippen molar-refractivity contribution >= 4 is 47.2 Å². The fourth-order valence-corrected chi connectivity index (χ4v) is 3.62. The van der Waals surface area contributed by atoms with Crippen molar-refractivity contribution in [1.29, 1.82) is 0 Å². The quantitative estimate of drug-likeness (QED) is 0.287. The van der Waals surface area contributed by atoms with E-state index in [1.807, 2.05) is 38.2 Å². The molecule has 1 aromatic carbocycles. The van der Waals surface area contributed by atoms with Crippen LogP contribution >= 0.6 is 35.3 Å². The van der Waals surface area contributed by atoms with Crippen molar-refractivity contribution in [3.63, 3.8) is 0 Å². The summed E-state index contributed by atoms with van der Waals surface area (Å²) in [4.78, 5) is 23.3. The summed E-state index contributed by atoms with van der Waals surface area (Å²) < 4.78 is 5.34. The van der Waals surface area contributed by atoms with Crippen molar-refractivity contribution in [1.82, 2.24) is 20.5 Å². The van der Waals surface area contributed by atoms with Crippen LogP contribution in [0.3, 0.4) is 0 Å². The summed E-state index contributed by atoms with van der Waals surface area (Å²) in [7, 11) is 5.34. The highest BCUT2D eigenvalue weighted by molar-refractivity contribution is 14.0. The van der Waals surface area contributed by atoms with Crippen molar-refractivity contribution in [3.8, 4) is 0 Å². The highest BCUT2D eigenvalue weighted by Crippen LogP contribution is 2.20. The smallest absolute Gasteiger partial charge is 0.251 e. The second kappa shape index (κ2) is 13.6. The maximum atomic E-state index is 11.8. The Balaban J connectivity index is 0.00000450. The number of ether oxygens (including phenoxy) is 1. The minimum atomic E-state index is -0.0751. The third kappa shape index (κ3) is 7.84. The zero-order valence-electron chi connectivity index (χ0n) is 18.3. The molecule has 0 aliphatic carbocycles. The van der Waals surface area contributed by atoms with Crippen LogP contribution in [0.2, 0.25) is 0 Å². The topological polar surface area (TPSA) is 78.9 Å². The Bertz CT molecular complexity index is 827. The van der Waals surface area contributed by atoms with Crippen LogP contribution in [-0.4, -0.2) is 56.0 Å². The normalized spacial score (nSPS) is 12.1. The highest BCUT2D eigenvalue weighted by atomic mass is 127. The first-order valence-electron chi connectivity index (χ1n) is 9.76. The average molecular weight is 545 g/mol. The number of thiazole rings is 1. The van der Waals surface area contributed by atoms with Crippen molar-refractivity contribution < 1.29 is 9.53 Å². The Morgan fingerprint density at radius 3 is 2.83 bits per heavy atom. The van der Waals surface area contributed by atoms with Crippen LogP contribution in [0.4, 0.5) is 0 Å². The van der Waals surface area contributed by atoms with E-state index in [1.54, 1.807) is 25.5 Å². The van der Waals surface area contributed by atoms with Crippen molar-refractivity contribution in [2.75, 3.05) is 34.3 Å². The van der Waals surface area contributed by atoms with E-state index in [0.29, 0.717) is 18.7 Å². The summed E-state index contributed by atoms with van der Waals surface area (Å²) in [6.45, 7) is 6.14. The number of halogens is 1. The maximum Gasteiger partial charge on any atom is 0.251 e. The van der Waals surface area contributed by atoms with Gasteiger partial charge in [-0.3, -0.25) is 9.79 Å². The number of nitrogens with zero attached hydrogens (tertiary/aromatic N) is 3. The molecule has 7 nitrogen and oxygen atoms in total. The molecule has 1 aromatic heterocycles. The lowest BCUT2D eigenvalue weighted by atomic mass is 10.1. The van der Waals surface area contributed by atoms with E-state index in [-0.39, 0.29) is 36.0 Å². The number of hydrogen-bond acceptors (Lipinski definition) is 5. The summed E-state index contributed by atoms with van der Waals surface area (Å²) in [5.41, 5.74) is 2.76. The minimum absolute atomic E-state index is 0. The zero-order valence-corrected chi connectivity index (χ0v) is 21.4. The summed E-state index contributed by atoms with van der Waals surface area (Å²) in [5.74, 6) is 0.762. The molecule has 2 rings (SSSR count). The molecule has 0 aliphatic heterocycles. The summed E-state index contributed by atoms with van der Waals surface area (Å²) in [6.07, 6.45) is 0.770. The molecule has 30 heavy (non-hydrogen) atoms. The molecule has 0 saturated carbocycles. The summed E-state index contributed by atoms with van der Waals surface area (Å²) in [6, 6.07) is 7.66. The second-order valence-corrected chi connectivity index (χ2v) is 7.57. The Morgan fingerprint density at radius 2 is 2.17 bits per heavy atom. The van der Waals surface area contributed by atoms with Crippen molar-refractivity contribution in [3.05, 3.63) is 51.5 Å². The van der Waals surface area contributed by atoms with E-state index < -0.39 is 0 Å². The highest BCUT2D eigenvalue weighted by Gasteiger charge is 2.12. The van der Waals surface area contributed by atoms with Gasteiger partial charge in [0.1, 0.15) is 11.1 Å². The number of rotatable bonds is 9. The molecule has 1 unspecified atom stereocenters. The number of nitrogens with one attached hydrogen (secondary N) is 2. The SMILES string of the molecule is CCNC(=NCCc1cccc(C(=O)NC)c1)N(C)Cc1csc(C(C)OC)n1.I. The van der Waals surface area contributed by atoms with Crippen LogP contribution < -0.4 is 10.6 Å². The molecule has 2 aromatic rings. The lowest BCUT2D eigenvalue weighted by Gasteiger charge is -2.21. The van der Waals surface area contributed by atoms with Crippen LogP contribution in [0.15, 0.2) is 34.6 Å². The van der Waals surface area contributed by atoms with E-state index in [2.05, 4.69) is 32.8 Å². The summed E-state index contributed by atoms with van der Waals surface area (Å²) >= 11 is 1.61. The molecule has 0 spiro atoms. The Morgan fingerprint density at radius 1 is 1.40 bits per heavy atom. The largest absolute Gasteiger partial charge is 0.375 e. The molecule has 0 saturated heterocycles. The Kier molecular flexibility index (Phi) is 11.9. The fraction of sp³-hybridized carbons (Fsp3) is 0.476. The Labute approximate surface area is 200 Å². The average Bonchev–Trinajstić information content (AvgIpc) is 3.20. The predicted octanol–water partition coefficient (Wildman–Crippen LogP) is 3.47. The van der Waals surface area contributed by atoms with E-state index >= 15 is 0 Å². The van der Waals surface area contributed by atoms with Gasteiger partial charge in [0.05, 0.1) is 12.2 Å². The van der Waals surface area contributed by atoms with Gasteiger partial charge in [-0.1, -0.05) is 12.1 Å². The number of guanidine groups is 1. The van der Waals surface area contributed by atoms with Gasteiger partial charge in [0.25, 0.3) is 5.91 Å². The molecule has 166 valence electrons. The van der Waals surface area contributed by atoms with Gasteiger partial charge in [-0.15, -0.1) is 35.3 Å². The Hall–Kier alpha value is -1.72. The number of aromatic nitrogens is 1. The van der Waals surface area contributed by atoms with Gasteiger partial charge in [0.2, 0.25) is 0 Å². The van der Waals surface area contributed by atoms with Crippen molar-refractivity contribution in [2.24, 2.45) is 4.99 Å². The number of methoxy groups -OCH3 is 1. The second-order valence-electron chi connectivity index (χ2n) is 6.68. The lowest BCUT2D eigenvalue weighted by molar-refractivity contribution is 0.0963. The van der Waals surface area contributed by atoms with Gasteiger partial charge < -0.3 is 20.3 Å². The third-order valence-corrected chi connectivity index (χ3v) is 5.50. The van der Waals surface area contributed by atoms with Crippen LogP contribution in [0, 0.1) is 0 Å². The first-order valence-corrected chi connectivity index (χ1v) is 10.6. The molecule has 2 N–H and O–H groups in total. The molecule has 1 amide bonds. The molecule has 0 aliphatic rings. The first kappa shape index (κ1) is 26.3. The molecular formula is C21H32IN5O2S. The minimum Gasteiger partial charge on any atom is -0.375 e. The van der Waals surface area contributed by atoms with Crippen molar-refractivity contribution in [2.45, 2.75) is 32.9 Å². The van der Waals surface area contributed by atoms with Gasteiger partial charge in [-0.25, -0.2) is 4.98 Å². The number of amides is 1. The predicted molar refractivity (Wildman–Crippen MR) is 134 cm³/mol. The molecule has 9 heteroatoms. The number of carbonyl (C=O) groups excluding carboxylic acids is 1. The molecular weight excluding hydrogens is 513 g/mol. The number of carbonyl (C=O) groups is 1. The van der Waals surface area contributed by atoms with Crippen LogP contribution in [0.5, 0.6) is 0 Å². The summed E-state index contributed by atoms with van der Waals surface area (Å²) in [5, 5.41) is 9.03. The lowest BCUT2D eigenvalue weighted by Crippen LogP contribution is -2.38.